The molecule has 1 aromatic heterocycles. The molecule has 0 radical (unpaired) electrons. The van der Waals surface area contributed by atoms with Crippen LogP contribution in [0.15, 0.2) is 24.3 Å². The maximum atomic E-state index is 4.44. The van der Waals surface area contributed by atoms with Gasteiger partial charge in [0.05, 0.1) is 0 Å². The second-order valence-electron chi connectivity index (χ2n) is 3.57. The van der Waals surface area contributed by atoms with Gasteiger partial charge in [-0.3, -0.25) is 0 Å². The summed E-state index contributed by atoms with van der Waals surface area (Å²) in [5.74, 6) is 0.931. The van der Waals surface area contributed by atoms with Crippen molar-refractivity contribution in [3.8, 4) is 0 Å². The number of rotatable bonds is 1. The van der Waals surface area contributed by atoms with Crippen LogP contribution in [0.1, 0.15) is 11.3 Å². The summed E-state index contributed by atoms with van der Waals surface area (Å²) in [6.45, 7) is 4.15. The van der Waals surface area contributed by atoms with Crippen LogP contribution in [0.3, 0.4) is 0 Å². The molecule has 2 rings (SSSR count). The van der Waals surface area contributed by atoms with Crippen LogP contribution in [0.25, 0.3) is 10.8 Å². The van der Waals surface area contributed by atoms with Gasteiger partial charge in [-0.25, -0.2) is 4.98 Å². The predicted molar refractivity (Wildman–Crippen MR) is 60.8 cm³/mol. The number of pyridine rings is 1. The van der Waals surface area contributed by atoms with E-state index < -0.39 is 0 Å². The zero-order valence-electron chi connectivity index (χ0n) is 8.76. The number of aromatic nitrogens is 1. The lowest BCUT2D eigenvalue weighted by Crippen LogP contribution is -1.94. The molecule has 0 atom stereocenters. The highest BCUT2D eigenvalue weighted by Gasteiger charge is 2.00. The Morgan fingerprint density at radius 1 is 1.14 bits per heavy atom. The van der Waals surface area contributed by atoms with Crippen LogP contribution in [-0.4, -0.2) is 12.0 Å². The van der Waals surface area contributed by atoms with Crippen LogP contribution in [0.2, 0.25) is 0 Å². The van der Waals surface area contributed by atoms with Crippen LogP contribution in [-0.2, 0) is 0 Å². The molecule has 0 saturated heterocycles. The first-order valence-electron chi connectivity index (χ1n) is 4.76. The van der Waals surface area contributed by atoms with Crippen LogP contribution < -0.4 is 5.32 Å². The average molecular weight is 186 g/mol. The summed E-state index contributed by atoms with van der Waals surface area (Å²) in [6.07, 6.45) is 0. The topological polar surface area (TPSA) is 24.9 Å². The highest BCUT2D eigenvalue weighted by Crippen LogP contribution is 2.21. The second kappa shape index (κ2) is 3.29. The minimum absolute atomic E-state index is 0.931. The van der Waals surface area contributed by atoms with E-state index in [-0.39, 0.29) is 0 Å². The SMILES string of the molecule is CNc1cc2cc(C)ccc2c(C)n1. The molecule has 0 amide bonds. The molecule has 72 valence electrons. The Bertz CT molecular complexity index is 475. The van der Waals surface area contributed by atoms with Gasteiger partial charge in [0.15, 0.2) is 0 Å². The predicted octanol–water partition coefficient (Wildman–Crippen LogP) is 2.89. The largest absolute Gasteiger partial charge is 0.373 e. The molecule has 0 bridgehead atoms. The molecular weight excluding hydrogens is 172 g/mol. The lowest BCUT2D eigenvalue weighted by molar-refractivity contribution is 1.22. The summed E-state index contributed by atoms with van der Waals surface area (Å²) in [5.41, 5.74) is 2.36. The van der Waals surface area contributed by atoms with Gasteiger partial charge in [-0.2, -0.15) is 0 Å². The number of hydrogen-bond acceptors (Lipinski definition) is 2. The molecule has 2 aromatic rings. The first kappa shape index (κ1) is 9.00. The fraction of sp³-hybridized carbons (Fsp3) is 0.250. The van der Waals surface area contributed by atoms with Gasteiger partial charge in [-0.05, 0) is 25.3 Å². The smallest absolute Gasteiger partial charge is 0.126 e. The minimum Gasteiger partial charge on any atom is -0.373 e. The third-order valence-corrected chi connectivity index (χ3v) is 2.43. The molecule has 0 aliphatic rings. The van der Waals surface area contributed by atoms with E-state index in [0.29, 0.717) is 0 Å². The van der Waals surface area contributed by atoms with E-state index in [4.69, 9.17) is 0 Å². The molecule has 0 fully saturated rings. The fourth-order valence-electron chi connectivity index (χ4n) is 1.68. The molecule has 2 heteroatoms. The third-order valence-electron chi connectivity index (χ3n) is 2.43. The van der Waals surface area contributed by atoms with Gasteiger partial charge in [-0.15, -0.1) is 0 Å². The van der Waals surface area contributed by atoms with Crippen LogP contribution in [0.4, 0.5) is 5.82 Å². The fourth-order valence-corrected chi connectivity index (χ4v) is 1.68. The van der Waals surface area contributed by atoms with Crippen molar-refractivity contribution in [2.24, 2.45) is 0 Å². The van der Waals surface area contributed by atoms with E-state index >= 15 is 0 Å². The van der Waals surface area contributed by atoms with Gasteiger partial charge in [0.1, 0.15) is 5.82 Å². The molecule has 0 aliphatic heterocycles. The van der Waals surface area contributed by atoms with Gasteiger partial charge in [-0.1, -0.05) is 23.8 Å². The van der Waals surface area contributed by atoms with Crippen molar-refractivity contribution in [3.63, 3.8) is 0 Å². The Morgan fingerprint density at radius 2 is 1.93 bits per heavy atom. The van der Waals surface area contributed by atoms with Crippen molar-refractivity contribution in [2.45, 2.75) is 13.8 Å². The van der Waals surface area contributed by atoms with Crippen molar-refractivity contribution < 1.29 is 0 Å². The first-order chi connectivity index (χ1) is 6.70. The standard InChI is InChI=1S/C12H14N2/c1-8-4-5-11-9(2)14-12(13-3)7-10(11)6-8/h4-7H,1-3H3,(H,13,14). The Labute approximate surface area is 84.0 Å². The monoisotopic (exact) mass is 186 g/mol. The highest BCUT2D eigenvalue weighted by atomic mass is 15.0. The van der Waals surface area contributed by atoms with Crippen molar-refractivity contribution >= 4 is 16.6 Å². The van der Waals surface area contributed by atoms with Crippen molar-refractivity contribution in [1.29, 1.82) is 0 Å². The van der Waals surface area contributed by atoms with E-state index in [1.54, 1.807) is 0 Å². The van der Waals surface area contributed by atoms with Crippen LogP contribution in [0.5, 0.6) is 0 Å². The third kappa shape index (κ3) is 1.43. The highest BCUT2D eigenvalue weighted by molar-refractivity contribution is 5.87. The Morgan fingerprint density at radius 3 is 2.64 bits per heavy atom. The molecule has 1 N–H and O–H groups in total. The summed E-state index contributed by atoms with van der Waals surface area (Å²) < 4.78 is 0. The normalized spacial score (nSPS) is 10.5. The zero-order valence-corrected chi connectivity index (χ0v) is 8.76. The number of nitrogens with zero attached hydrogens (tertiary/aromatic N) is 1. The van der Waals surface area contributed by atoms with E-state index in [0.717, 1.165) is 11.5 Å². The van der Waals surface area contributed by atoms with Gasteiger partial charge in [0.25, 0.3) is 0 Å². The van der Waals surface area contributed by atoms with Gasteiger partial charge < -0.3 is 5.32 Å². The molecule has 0 unspecified atom stereocenters. The first-order valence-corrected chi connectivity index (χ1v) is 4.76. The molecular formula is C12H14N2. The number of hydrogen-bond donors (Lipinski definition) is 1. The van der Waals surface area contributed by atoms with Crippen molar-refractivity contribution in [1.82, 2.24) is 4.98 Å². The zero-order chi connectivity index (χ0) is 10.1. The molecule has 2 nitrogen and oxygen atoms in total. The molecule has 14 heavy (non-hydrogen) atoms. The average Bonchev–Trinajstić information content (AvgIpc) is 2.16. The number of fused-ring (bicyclic) bond motifs is 1. The number of nitrogens with one attached hydrogen (secondary N) is 1. The maximum absolute atomic E-state index is 4.44. The summed E-state index contributed by atoms with van der Waals surface area (Å²) in [7, 11) is 1.89. The van der Waals surface area contributed by atoms with Crippen LogP contribution >= 0.6 is 0 Å². The Hall–Kier alpha value is -1.57. The van der Waals surface area contributed by atoms with Gasteiger partial charge in [0, 0.05) is 18.1 Å². The van der Waals surface area contributed by atoms with Crippen molar-refractivity contribution in [3.05, 3.63) is 35.5 Å². The Kier molecular flexibility index (Phi) is 2.12. The minimum atomic E-state index is 0.931. The van der Waals surface area contributed by atoms with E-state index in [9.17, 15) is 0 Å². The number of benzene rings is 1. The van der Waals surface area contributed by atoms with E-state index in [1.807, 2.05) is 14.0 Å². The van der Waals surface area contributed by atoms with E-state index in [1.165, 1.54) is 16.3 Å². The van der Waals surface area contributed by atoms with E-state index in [2.05, 4.69) is 41.5 Å². The molecule has 1 heterocycles. The number of aryl methyl sites for hydroxylation is 2. The summed E-state index contributed by atoms with van der Waals surface area (Å²) in [4.78, 5) is 4.44. The quantitative estimate of drug-likeness (QED) is 0.740. The van der Waals surface area contributed by atoms with Crippen molar-refractivity contribution in [2.75, 3.05) is 12.4 Å². The lowest BCUT2D eigenvalue weighted by atomic mass is 10.1. The number of anilines is 1. The lowest BCUT2D eigenvalue weighted by Gasteiger charge is -2.06. The maximum Gasteiger partial charge on any atom is 0.126 e. The van der Waals surface area contributed by atoms with Crippen LogP contribution in [0, 0.1) is 13.8 Å². The summed E-state index contributed by atoms with van der Waals surface area (Å²) in [5, 5.41) is 5.55. The molecule has 0 aliphatic carbocycles. The molecule has 1 aromatic carbocycles. The van der Waals surface area contributed by atoms with Gasteiger partial charge >= 0.3 is 0 Å². The summed E-state index contributed by atoms with van der Waals surface area (Å²) >= 11 is 0. The summed E-state index contributed by atoms with van der Waals surface area (Å²) in [6, 6.07) is 8.52. The second-order valence-corrected chi connectivity index (χ2v) is 3.57. The molecule has 0 spiro atoms. The molecule has 0 saturated carbocycles. The van der Waals surface area contributed by atoms with Gasteiger partial charge in [0.2, 0.25) is 0 Å². The Balaban J connectivity index is 2.77.